The van der Waals surface area contributed by atoms with Crippen LogP contribution in [0.3, 0.4) is 0 Å². The van der Waals surface area contributed by atoms with Crippen LogP contribution >= 0.6 is 0 Å². The summed E-state index contributed by atoms with van der Waals surface area (Å²) >= 11 is 0. The number of hydrogen-bond acceptors (Lipinski definition) is 3. The number of nitrogens with one attached hydrogen (secondary N) is 1. The maximum atomic E-state index is 11.4. The second-order valence-electron chi connectivity index (χ2n) is 9.51. The molecule has 5 rings (SSSR count). The molecule has 5 heteroatoms. The lowest BCUT2D eigenvalue weighted by Crippen LogP contribution is -2.52. The third kappa shape index (κ3) is 3.35. The lowest BCUT2D eigenvalue weighted by molar-refractivity contribution is -0.0591. The molecule has 5 nitrogen and oxygen atoms in total. The Hall–Kier alpha value is -2.63. The summed E-state index contributed by atoms with van der Waals surface area (Å²) in [6.45, 7) is 8.08. The first kappa shape index (κ1) is 21.2. The van der Waals surface area contributed by atoms with Gasteiger partial charge in [0.2, 0.25) is 0 Å². The zero-order valence-electron chi connectivity index (χ0n) is 19.1. The summed E-state index contributed by atoms with van der Waals surface area (Å²) in [6.07, 6.45) is 6.51. The summed E-state index contributed by atoms with van der Waals surface area (Å²) in [5, 5.41) is 10.7. The number of benzene rings is 2. The first-order chi connectivity index (χ1) is 15.4. The van der Waals surface area contributed by atoms with Gasteiger partial charge >= 0.3 is 5.97 Å². The van der Waals surface area contributed by atoms with Crippen LogP contribution in [0.15, 0.2) is 42.6 Å². The minimum absolute atomic E-state index is 0.125. The van der Waals surface area contributed by atoms with Crippen LogP contribution in [0.25, 0.3) is 10.9 Å². The van der Waals surface area contributed by atoms with Crippen molar-refractivity contribution in [3.63, 3.8) is 0 Å². The standard InChI is InChI=1S/C27H32N2O3/c1-4-32-22-14-21-9-11-27(15-22,20-7-5-19(6-8-20)26(30)31)29(21)16-24-17(2)13-18(3)25-23(24)10-12-28-25/h5-8,10,12-13,21-22,28H,4,9,11,14-16H2,1-3H3,(H,30,31). The topological polar surface area (TPSA) is 65.6 Å². The van der Waals surface area contributed by atoms with Crippen molar-refractivity contribution < 1.29 is 14.6 Å². The number of aromatic amines is 1. The summed E-state index contributed by atoms with van der Waals surface area (Å²) < 4.78 is 6.14. The molecule has 3 heterocycles. The number of carboxylic acids is 1. The average molecular weight is 433 g/mol. The van der Waals surface area contributed by atoms with Gasteiger partial charge in [-0.3, -0.25) is 4.90 Å². The van der Waals surface area contributed by atoms with Crippen LogP contribution in [-0.2, 0) is 16.8 Å². The van der Waals surface area contributed by atoms with Gasteiger partial charge < -0.3 is 14.8 Å². The van der Waals surface area contributed by atoms with E-state index in [1.165, 1.54) is 33.2 Å². The second kappa shape index (κ2) is 8.05. The Labute approximate surface area is 189 Å². The Bertz CT molecular complexity index is 1150. The maximum absolute atomic E-state index is 11.4. The fourth-order valence-electron chi connectivity index (χ4n) is 6.30. The van der Waals surface area contributed by atoms with Gasteiger partial charge in [-0.15, -0.1) is 0 Å². The fraction of sp³-hybridized carbons (Fsp3) is 0.444. The van der Waals surface area contributed by atoms with Crippen LogP contribution in [0.5, 0.6) is 0 Å². The Kier molecular flexibility index (Phi) is 5.34. The highest BCUT2D eigenvalue weighted by Crippen LogP contribution is 2.52. The van der Waals surface area contributed by atoms with E-state index < -0.39 is 5.97 Å². The number of aromatic nitrogens is 1. The highest BCUT2D eigenvalue weighted by atomic mass is 16.5. The predicted octanol–water partition coefficient (Wildman–Crippen LogP) is 5.54. The van der Waals surface area contributed by atoms with Gasteiger partial charge in [-0.25, -0.2) is 4.79 Å². The van der Waals surface area contributed by atoms with E-state index in [-0.39, 0.29) is 11.6 Å². The number of nitrogens with zero attached hydrogens (tertiary/aromatic N) is 1. The van der Waals surface area contributed by atoms with Crippen molar-refractivity contribution in [1.29, 1.82) is 0 Å². The normalized spacial score (nSPS) is 25.5. The van der Waals surface area contributed by atoms with Crippen LogP contribution in [0, 0.1) is 13.8 Å². The molecule has 3 atom stereocenters. The molecule has 2 aromatic carbocycles. The van der Waals surface area contributed by atoms with Crippen LogP contribution in [0.1, 0.15) is 65.2 Å². The SMILES string of the molecule is CCOC1CC2CCC(c3ccc(C(=O)O)cc3)(C1)N2Cc1c(C)cc(C)c2[nH]ccc12. The highest BCUT2D eigenvalue weighted by molar-refractivity contribution is 5.88. The van der Waals surface area contributed by atoms with Crippen molar-refractivity contribution in [3.05, 3.63) is 70.4 Å². The number of H-pyrrole nitrogens is 1. The summed E-state index contributed by atoms with van der Waals surface area (Å²) in [6, 6.07) is 12.5. The molecule has 0 amide bonds. The molecule has 0 aliphatic carbocycles. The Morgan fingerprint density at radius 3 is 2.72 bits per heavy atom. The first-order valence-electron chi connectivity index (χ1n) is 11.7. The summed E-state index contributed by atoms with van der Waals surface area (Å²) in [7, 11) is 0. The highest BCUT2D eigenvalue weighted by Gasteiger charge is 2.52. The third-order valence-corrected chi connectivity index (χ3v) is 7.76. The molecule has 32 heavy (non-hydrogen) atoms. The van der Waals surface area contributed by atoms with E-state index in [0.717, 1.165) is 38.8 Å². The molecule has 3 unspecified atom stereocenters. The molecular formula is C27H32N2O3. The molecule has 3 aromatic rings. The summed E-state index contributed by atoms with van der Waals surface area (Å²) in [5.74, 6) is -0.879. The quantitative estimate of drug-likeness (QED) is 0.537. The number of ether oxygens (including phenoxy) is 1. The van der Waals surface area contributed by atoms with Crippen LogP contribution in [-0.4, -0.2) is 39.7 Å². The molecule has 168 valence electrons. The maximum Gasteiger partial charge on any atom is 0.335 e. The van der Waals surface area contributed by atoms with E-state index in [4.69, 9.17) is 4.74 Å². The van der Waals surface area contributed by atoms with Gasteiger partial charge in [0.05, 0.1) is 11.7 Å². The number of carboxylic acid groups (broad SMARTS) is 1. The van der Waals surface area contributed by atoms with Gasteiger partial charge in [0.25, 0.3) is 0 Å². The largest absolute Gasteiger partial charge is 0.478 e. The molecule has 0 saturated carbocycles. The van der Waals surface area contributed by atoms with Gasteiger partial charge in [-0.1, -0.05) is 18.2 Å². The van der Waals surface area contributed by atoms with Crippen molar-refractivity contribution in [2.24, 2.45) is 0 Å². The van der Waals surface area contributed by atoms with Crippen molar-refractivity contribution in [3.8, 4) is 0 Å². The molecule has 0 spiro atoms. The average Bonchev–Trinajstić information content (AvgIpc) is 3.33. The lowest BCUT2D eigenvalue weighted by atomic mass is 9.79. The molecule has 1 aromatic heterocycles. The van der Waals surface area contributed by atoms with E-state index in [2.05, 4.69) is 42.8 Å². The van der Waals surface area contributed by atoms with Crippen LogP contribution < -0.4 is 0 Å². The summed E-state index contributed by atoms with van der Waals surface area (Å²) in [5.41, 5.74) is 6.65. The number of aromatic carboxylic acids is 1. The number of aryl methyl sites for hydroxylation is 2. The van der Waals surface area contributed by atoms with E-state index in [1.54, 1.807) is 12.1 Å². The van der Waals surface area contributed by atoms with Gasteiger partial charge in [0, 0.05) is 41.8 Å². The molecule has 2 aliphatic heterocycles. The molecule has 2 N–H and O–H groups in total. The van der Waals surface area contributed by atoms with Crippen LogP contribution in [0.4, 0.5) is 0 Å². The minimum Gasteiger partial charge on any atom is -0.478 e. The molecule has 2 aliphatic rings. The van der Waals surface area contributed by atoms with Gasteiger partial charge in [0.1, 0.15) is 0 Å². The van der Waals surface area contributed by atoms with Crippen LogP contribution in [0.2, 0.25) is 0 Å². The number of carbonyl (C=O) groups is 1. The predicted molar refractivity (Wildman–Crippen MR) is 126 cm³/mol. The Balaban J connectivity index is 1.58. The van der Waals surface area contributed by atoms with Crippen molar-refractivity contribution in [2.45, 2.75) is 70.7 Å². The van der Waals surface area contributed by atoms with E-state index in [9.17, 15) is 9.90 Å². The zero-order chi connectivity index (χ0) is 22.5. The van der Waals surface area contributed by atoms with Crippen molar-refractivity contribution >= 4 is 16.9 Å². The first-order valence-corrected chi connectivity index (χ1v) is 11.7. The molecule has 2 fully saturated rings. The minimum atomic E-state index is -0.879. The van der Waals surface area contributed by atoms with Gasteiger partial charge in [0.15, 0.2) is 0 Å². The van der Waals surface area contributed by atoms with Crippen molar-refractivity contribution in [1.82, 2.24) is 9.88 Å². The van der Waals surface area contributed by atoms with E-state index in [0.29, 0.717) is 11.6 Å². The lowest BCUT2D eigenvalue weighted by Gasteiger charge is -2.48. The zero-order valence-corrected chi connectivity index (χ0v) is 19.1. The Morgan fingerprint density at radius 2 is 2.00 bits per heavy atom. The smallest absolute Gasteiger partial charge is 0.335 e. The number of hydrogen-bond donors (Lipinski definition) is 2. The number of rotatable bonds is 6. The fourth-order valence-corrected chi connectivity index (χ4v) is 6.30. The van der Waals surface area contributed by atoms with Crippen molar-refractivity contribution in [2.75, 3.05) is 6.61 Å². The van der Waals surface area contributed by atoms with E-state index in [1.807, 2.05) is 18.3 Å². The molecule has 0 radical (unpaired) electrons. The summed E-state index contributed by atoms with van der Waals surface area (Å²) in [4.78, 5) is 17.5. The van der Waals surface area contributed by atoms with Gasteiger partial charge in [-0.05, 0) is 86.9 Å². The Morgan fingerprint density at radius 1 is 1.22 bits per heavy atom. The number of fused-ring (bicyclic) bond motifs is 3. The molecular weight excluding hydrogens is 400 g/mol. The second-order valence-corrected chi connectivity index (χ2v) is 9.51. The molecule has 2 saturated heterocycles. The third-order valence-electron chi connectivity index (χ3n) is 7.76. The molecule has 2 bridgehead atoms. The monoisotopic (exact) mass is 432 g/mol. The van der Waals surface area contributed by atoms with E-state index >= 15 is 0 Å². The van der Waals surface area contributed by atoms with Gasteiger partial charge in [-0.2, -0.15) is 0 Å². The number of piperidine rings is 1.